The van der Waals surface area contributed by atoms with Gasteiger partial charge in [-0.2, -0.15) is 4.31 Å². The molecule has 0 bridgehead atoms. The molecule has 1 aliphatic heterocycles. The molecule has 0 saturated carbocycles. The topological polar surface area (TPSA) is 79.0 Å². The molecular weight excluding hydrogens is 390 g/mol. The van der Waals surface area contributed by atoms with E-state index in [9.17, 15) is 13.2 Å². The Morgan fingerprint density at radius 3 is 2.21 bits per heavy atom. The van der Waals surface area contributed by atoms with Crippen molar-refractivity contribution in [2.24, 2.45) is 0 Å². The molecule has 0 radical (unpaired) electrons. The molecule has 1 aliphatic rings. The van der Waals surface area contributed by atoms with Gasteiger partial charge in [0.25, 0.3) is 5.91 Å². The van der Waals surface area contributed by atoms with E-state index in [0.717, 1.165) is 0 Å². The third kappa shape index (κ3) is 5.79. The van der Waals surface area contributed by atoms with Crippen molar-refractivity contribution in [3.8, 4) is 5.75 Å². The highest BCUT2D eigenvalue weighted by Crippen LogP contribution is 2.17. The standard InChI is InChI=1S/C21H27N3O4S/c1-18(28-19-8-4-2-5-9-19)21(25)22-12-13-23-14-16-24(17-15-23)29(26,27)20-10-6-3-7-11-20/h2-11,18H,12-17H2,1H3,(H,22,25). The zero-order chi connectivity index (χ0) is 20.7. The van der Waals surface area contributed by atoms with Gasteiger partial charge in [0.05, 0.1) is 4.90 Å². The first-order chi connectivity index (χ1) is 14.0. The van der Waals surface area contributed by atoms with Gasteiger partial charge < -0.3 is 10.1 Å². The Kier molecular flexibility index (Phi) is 7.24. The summed E-state index contributed by atoms with van der Waals surface area (Å²) in [5, 5.41) is 2.88. The van der Waals surface area contributed by atoms with Crippen LogP contribution >= 0.6 is 0 Å². The highest BCUT2D eigenvalue weighted by Gasteiger charge is 2.28. The van der Waals surface area contributed by atoms with E-state index in [1.165, 1.54) is 4.31 Å². The number of nitrogens with zero attached hydrogens (tertiary/aromatic N) is 2. The second-order valence-electron chi connectivity index (χ2n) is 6.92. The molecule has 0 aliphatic carbocycles. The molecule has 1 amide bonds. The number of rotatable bonds is 8. The number of amides is 1. The van der Waals surface area contributed by atoms with Gasteiger partial charge in [0, 0.05) is 39.3 Å². The number of sulfonamides is 1. The van der Waals surface area contributed by atoms with Crippen LogP contribution in [0.3, 0.4) is 0 Å². The Labute approximate surface area is 172 Å². The Hall–Kier alpha value is -2.42. The highest BCUT2D eigenvalue weighted by molar-refractivity contribution is 7.89. The maximum atomic E-state index is 12.7. The lowest BCUT2D eigenvalue weighted by atomic mass is 10.3. The molecule has 3 rings (SSSR count). The second-order valence-corrected chi connectivity index (χ2v) is 8.86. The van der Waals surface area contributed by atoms with Crippen molar-refractivity contribution in [3.63, 3.8) is 0 Å². The first kappa shape index (κ1) is 21.3. The van der Waals surface area contributed by atoms with Crippen molar-refractivity contribution >= 4 is 15.9 Å². The number of carbonyl (C=O) groups is 1. The number of benzene rings is 2. The lowest BCUT2D eigenvalue weighted by molar-refractivity contribution is -0.127. The summed E-state index contributed by atoms with van der Waals surface area (Å²) < 4.78 is 32.5. The van der Waals surface area contributed by atoms with Gasteiger partial charge in [0.1, 0.15) is 5.75 Å². The van der Waals surface area contributed by atoms with Crippen LogP contribution in [-0.4, -0.2) is 68.9 Å². The van der Waals surface area contributed by atoms with Crippen molar-refractivity contribution in [1.29, 1.82) is 0 Å². The second kappa shape index (κ2) is 9.87. The van der Waals surface area contributed by atoms with Gasteiger partial charge in [-0.1, -0.05) is 36.4 Å². The van der Waals surface area contributed by atoms with Crippen LogP contribution in [0.1, 0.15) is 6.92 Å². The number of hydrogen-bond donors (Lipinski definition) is 1. The van der Waals surface area contributed by atoms with Crippen LogP contribution in [0.5, 0.6) is 5.75 Å². The predicted molar refractivity (Wildman–Crippen MR) is 111 cm³/mol. The Bertz CT molecular complexity index is 883. The monoisotopic (exact) mass is 417 g/mol. The van der Waals surface area contributed by atoms with E-state index in [0.29, 0.717) is 49.9 Å². The lowest BCUT2D eigenvalue weighted by Crippen LogP contribution is -2.50. The summed E-state index contributed by atoms with van der Waals surface area (Å²) in [6.07, 6.45) is -0.578. The first-order valence-corrected chi connectivity index (χ1v) is 11.2. The van der Waals surface area contributed by atoms with E-state index >= 15 is 0 Å². The SMILES string of the molecule is CC(Oc1ccccc1)C(=O)NCCN1CCN(S(=O)(=O)c2ccccc2)CC1. The van der Waals surface area contributed by atoms with Gasteiger partial charge in [-0.25, -0.2) is 8.42 Å². The van der Waals surface area contributed by atoms with E-state index in [4.69, 9.17) is 4.74 Å². The van der Waals surface area contributed by atoms with E-state index in [1.54, 1.807) is 37.3 Å². The molecule has 0 aromatic heterocycles. The molecule has 156 valence electrons. The van der Waals surface area contributed by atoms with E-state index in [1.807, 2.05) is 30.3 Å². The molecule has 29 heavy (non-hydrogen) atoms. The fraction of sp³-hybridized carbons (Fsp3) is 0.381. The van der Waals surface area contributed by atoms with Crippen molar-refractivity contribution in [3.05, 3.63) is 60.7 Å². The summed E-state index contributed by atoms with van der Waals surface area (Å²) in [5.74, 6) is 0.491. The number of ether oxygens (including phenoxy) is 1. The molecule has 0 spiro atoms. The molecule has 1 fully saturated rings. The molecular formula is C21H27N3O4S. The average molecular weight is 418 g/mol. The fourth-order valence-corrected chi connectivity index (χ4v) is 4.62. The van der Waals surface area contributed by atoms with Crippen LogP contribution in [0.4, 0.5) is 0 Å². The van der Waals surface area contributed by atoms with Gasteiger partial charge >= 0.3 is 0 Å². The summed E-state index contributed by atoms with van der Waals surface area (Å²) in [5.41, 5.74) is 0. The van der Waals surface area contributed by atoms with Crippen molar-refractivity contribution < 1.29 is 17.9 Å². The maximum Gasteiger partial charge on any atom is 0.260 e. The minimum Gasteiger partial charge on any atom is -0.481 e. The van der Waals surface area contributed by atoms with Gasteiger partial charge in [-0.3, -0.25) is 9.69 Å². The predicted octanol–water partition coefficient (Wildman–Crippen LogP) is 1.58. The van der Waals surface area contributed by atoms with Crippen LogP contribution in [0.2, 0.25) is 0 Å². The summed E-state index contributed by atoms with van der Waals surface area (Å²) in [6, 6.07) is 17.7. The Morgan fingerprint density at radius 2 is 1.59 bits per heavy atom. The average Bonchev–Trinajstić information content (AvgIpc) is 2.75. The number of hydrogen-bond acceptors (Lipinski definition) is 5. The zero-order valence-electron chi connectivity index (χ0n) is 16.5. The highest BCUT2D eigenvalue weighted by atomic mass is 32.2. The Balaban J connectivity index is 1.39. The summed E-state index contributed by atoms with van der Waals surface area (Å²) in [4.78, 5) is 14.7. The summed E-state index contributed by atoms with van der Waals surface area (Å²) in [7, 11) is -3.44. The minimum atomic E-state index is -3.44. The van der Waals surface area contributed by atoms with Crippen LogP contribution in [-0.2, 0) is 14.8 Å². The molecule has 1 heterocycles. The number of piperazine rings is 1. The molecule has 8 heteroatoms. The molecule has 2 aromatic carbocycles. The van der Waals surface area contributed by atoms with Crippen LogP contribution in [0, 0.1) is 0 Å². The normalized spacial score (nSPS) is 16.9. The molecule has 7 nitrogen and oxygen atoms in total. The van der Waals surface area contributed by atoms with Crippen LogP contribution in [0.25, 0.3) is 0 Å². The molecule has 2 aromatic rings. The largest absolute Gasteiger partial charge is 0.481 e. The van der Waals surface area contributed by atoms with Crippen LogP contribution < -0.4 is 10.1 Å². The van der Waals surface area contributed by atoms with Crippen molar-refractivity contribution in [2.45, 2.75) is 17.9 Å². The molecule has 1 saturated heterocycles. The van der Waals surface area contributed by atoms with E-state index in [2.05, 4.69) is 10.2 Å². The Morgan fingerprint density at radius 1 is 1.00 bits per heavy atom. The van der Waals surface area contributed by atoms with E-state index < -0.39 is 16.1 Å². The summed E-state index contributed by atoms with van der Waals surface area (Å²) in [6.45, 7) is 5.04. The van der Waals surface area contributed by atoms with E-state index in [-0.39, 0.29) is 5.91 Å². The zero-order valence-corrected chi connectivity index (χ0v) is 17.3. The quantitative estimate of drug-likeness (QED) is 0.706. The fourth-order valence-electron chi connectivity index (χ4n) is 3.17. The van der Waals surface area contributed by atoms with Gasteiger partial charge in [0.15, 0.2) is 6.10 Å². The third-order valence-electron chi connectivity index (χ3n) is 4.86. The number of nitrogens with one attached hydrogen (secondary N) is 1. The lowest BCUT2D eigenvalue weighted by Gasteiger charge is -2.34. The molecule has 1 atom stereocenters. The smallest absolute Gasteiger partial charge is 0.260 e. The van der Waals surface area contributed by atoms with Crippen molar-refractivity contribution in [2.75, 3.05) is 39.3 Å². The van der Waals surface area contributed by atoms with Crippen LogP contribution in [0.15, 0.2) is 65.6 Å². The van der Waals surface area contributed by atoms with Gasteiger partial charge in [-0.15, -0.1) is 0 Å². The van der Waals surface area contributed by atoms with Crippen molar-refractivity contribution in [1.82, 2.24) is 14.5 Å². The number of para-hydroxylation sites is 1. The first-order valence-electron chi connectivity index (χ1n) is 9.74. The maximum absolute atomic E-state index is 12.7. The minimum absolute atomic E-state index is 0.167. The number of carbonyl (C=O) groups excluding carboxylic acids is 1. The molecule has 1 N–H and O–H groups in total. The van der Waals surface area contributed by atoms with Gasteiger partial charge in [-0.05, 0) is 31.2 Å². The summed E-state index contributed by atoms with van der Waals surface area (Å²) >= 11 is 0. The third-order valence-corrected chi connectivity index (χ3v) is 6.78. The molecule has 1 unspecified atom stereocenters. The van der Waals surface area contributed by atoms with Gasteiger partial charge in [0.2, 0.25) is 10.0 Å².